The van der Waals surface area contributed by atoms with Crippen molar-refractivity contribution < 1.29 is 23.3 Å². The molecule has 2 aliphatic rings. The zero-order valence-electron chi connectivity index (χ0n) is 16.4. The summed E-state index contributed by atoms with van der Waals surface area (Å²) in [5.41, 5.74) is 5.86. The Bertz CT molecular complexity index is 372. The maximum absolute atomic E-state index is 3.33. The van der Waals surface area contributed by atoms with Gasteiger partial charge in [-0.05, 0) is 0 Å². The summed E-state index contributed by atoms with van der Waals surface area (Å²) in [6.07, 6.45) is 18.1. The summed E-state index contributed by atoms with van der Waals surface area (Å²) in [6.45, 7) is 10.7. The summed E-state index contributed by atoms with van der Waals surface area (Å²) >= 11 is 1.58. The van der Waals surface area contributed by atoms with Crippen LogP contribution in [-0.4, -0.2) is 6.88 Å². The number of rotatable bonds is 4. The van der Waals surface area contributed by atoms with Crippen LogP contribution in [0.3, 0.4) is 0 Å². The van der Waals surface area contributed by atoms with Gasteiger partial charge in [0, 0.05) is 0 Å². The molecule has 0 heterocycles. The molecule has 0 spiro atoms. The fourth-order valence-electron chi connectivity index (χ4n) is 2.06. The van der Waals surface area contributed by atoms with Gasteiger partial charge in [-0.1, -0.05) is 53.4 Å². The first-order valence-electron chi connectivity index (χ1n) is 7.67. The Hall–Kier alpha value is 0.640. The minimum absolute atomic E-state index is 0. The van der Waals surface area contributed by atoms with Crippen LogP contribution in [-0.2, 0) is 23.3 Å². The first-order chi connectivity index (χ1) is 9.73. The van der Waals surface area contributed by atoms with Crippen LogP contribution in [0.1, 0.15) is 66.2 Å². The molecule has 142 valence electrons. The summed E-state index contributed by atoms with van der Waals surface area (Å²) in [5.74, 6) is 0. The molecule has 0 aliphatic heterocycles. The molecule has 2 aliphatic carbocycles. The number of hydrogen-bond donors (Lipinski definition) is 0. The fraction of sp³-hybridized carbons (Fsp3) is 0.500. The third-order valence-corrected chi connectivity index (χ3v) is 3.51. The maximum atomic E-state index is 3.33. The van der Waals surface area contributed by atoms with Crippen molar-refractivity contribution in [1.29, 1.82) is 0 Å². The number of halogens is 2. The van der Waals surface area contributed by atoms with Crippen molar-refractivity contribution in [3.8, 4) is 0 Å². The Morgan fingerprint density at radius 1 is 0.750 bits per heavy atom. The Balaban J connectivity index is -0.0000000789. The van der Waals surface area contributed by atoms with Gasteiger partial charge in [0.2, 0.25) is 0 Å². The van der Waals surface area contributed by atoms with Crippen molar-refractivity contribution in [3.63, 3.8) is 0 Å². The van der Waals surface area contributed by atoms with Crippen LogP contribution < -0.4 is 0 Å². The van der Waals surface area contributed by atoms with E-state index in [1.165, 1.54) is 35.1 Å². The van der Waals surface area contributed by atoms with E-state index in [1.807, 2.05) is 6.88 Å². The van der Waals surface area contributed by atoms with Crippen molar-refractivity contribution in [3.05, 3.63) is 61.4 Å². The van der Waals surface area contributed by atoms with E-state index in [-0.39, 0.29) is 39.7 Å². The number of allylic oxidation sites excluding steroid dienone is 8. The molecule has 0 aromatic carbocycles. The Labute approximate surface area is 181 Å². The zero-order valence-corrected chi connectivity index (χ0v) is 21.9. The van der Waals surface area contributed by atoms with Gasteiger partial charge in [0.25, 0.3) is 0 Å². The second-order valence-corrected chi connectivity index (χ2v) is 4.78. The van der Waals surface area contributed by atoms with E-state index in [0.717, 1.165) is 25.7 Å². The van der Waals surface area contributed by atoms with Crippen molar-refractivity contribution in [1.82, 2.24) is 0 Å². The van der Waals surface area contributed by atoms with Gasteiger partial charge in [-0.3, -0.25) is 12.2 Å². The van der Waals surface area contributed by atoms with Crippen LogP contribution in [0.2, 0.25) is 0 Å². The van der Waals surface area contributed by atoms with Crippen LogP contribution >= 0.6 is 24.8 Å². The van der Waals surface area contributed by atoms with Gasteiger partial charge in [-0.15, -0.1) is 37.7 Å². The van der Waals surface area contributed by atoms with Gasteiger partial charge < -0.3 is 14.9 Å². The third kappa shape index (κ3) is 14.9. The van der Waals surface area contributed by atoms with E-state index < -0.39 is 0 Å². The van der Waals surface area contributed by atoms with E-state index in [0.29, 0.717) is 0 Å². The molecule has 24 heavy (non-hydrogen) atoms. The van der Waals surface area contributed by atoms with Gasteiger partial charge >= 0.3 is 30.2 Å². The Kier molecular flexibility index (Phi) is 35.2. The molecule has 0 radical (unpaired) electrons. The minimum atomic E-state index is 0. The molecule has 0 unspecified atom stereocenters. The van der Waals surface area contributed by atoms with Crippen molar-refractivity contribution in [2.24, 2.45) is 0 Å². The van der Waals surface area contributed by atoms with E-state index in [2.05, 4.69) is 52.0 Å². The predicted molar refractivity (Wildman–Crippen MR) is 116 cm³/mol. The molecule has 0 saturated heterocycles. The quantitative estimate of drug-likeness (QED) is 0.325. The van der Waals surface area contributed by atoms with Crippen molar-refractivity contribution >= 4 is 31.7 Å². The molecule has 0 aromatic heterocycles. The average molecular weight is 467 g/mol. The second kappa shape index (κ2) is 23.6. The summed E-state index contributed by atoms with van der Waals surface area (Å²) < 4.78 is 0. The molecular formula is C20H36Cl2SiZr-4. The topological polar surface area (TPSA) is 0 Å². The molecule has 0 amide bonds. The molecule has 0 bridgehead atoms. The molecule has 0 atom stereocenters. The molecular weight excluding hydrogens is 430 g/mol. The molecule has 0 aromatic rings. The molecule has 0 saturated carbocycles. The third-order valence-electron chi connectivity index (χ3n) is 3.51. The number of hydrogen-bond acceptors (Lipinski definition) is 0. The van der Waals surface area contributed by atoms with Crippen LogP contribution in [0.5, 0.6) is 0 Å². The van der Waals surface area contributed by atoms with Gasteiger partial charge in [0.1, 0.15) is 0 Å². The molecule has 0 nitrogen and oxygen atoms in total. The van der Waals surface area contributed by atoms with Gasteiger partial charge in [-0.2, -0.15) is 11.1 Å². The van der Waals surface area contributed by atoms with Gasteiger partial charge in [0.15, 0.2) is 0 Å². The zero-order chi connectivity index (χ0) is 15.4. The first-order valence-corrected chi connectivity index (χ1v) is 13.6. The van der Waals surface area contributed by atoms with E-state index in [9.17, 15) is 0 Å². The van der Waals surface area contributed by atoms with Gasteiger partial charge in [0.05, 0.1) is 0 Å². The SMILES string of the molecule is CCC1=[C-]CC(CC)=C1.CCC1=[C-]CC(CC)=C1.Cl.Cl.[CH3-].[CH3-].[SiH2]=[Zr]. The summed E-state index contributed by atoms with van der Waals surface area (Å²) in [4.78, 5) is 0. The van der Waals surface area contributed by atoms with Crippen molar-refractivity contribution in [2.75, 3.05) is 0 Å². The molecule has 4 heteroatoms. The normalized spacial score (nSPS) is 13.3. The van der Waals surface area contributed by atoms with Crippen LogP contribution in [0.15, 0.2) is 34.4 Å². The second-order valence-electron chi connectivity index (χ2n) is 4.78. The van der Waals surface area contributed by atoms with Crippen LogP contribution in [0, 0.1) is 27.0 Å². The van der Waals surface area contributed by atoms with E-state index in [4.69, 9.17) is 0 Å². The van der Waals surface area contributed by atoms with Crippen LogP contribution in [0.4, 0.5) is 0 Å². The molecule has 0 fully saturated rings. The monoisotopic (exact) mass is 464 g/mol. The van der Waals surface area contributed by atoms with E-state index >= 15 is 0 Å². The Morgan fingerprint density at radius 2 is 1.04 bits per heavy atom. The molecule has 0 N–H and O–H groups in total. The van der Waals surface area contributed by atoms with Crippen LogP contribution in [0.25, 0.3) is 0 Å². The van der Waals surface area contributed by atoms with E-state index in [1.54, 1.807) is 23.3 Å². The summed E-state index contributed by atoms with van der Waals surface area (Å²) in [7, 11) is 0. The Morgan fingerprint density at radius 3 is 1.17 bits per heavy atom. The predicted octanol–water partition coefficient (Wildman–Crippen LogP) is 6.56. The summed E-state index contributed by atoms with van der Waals surface area (Å²) in [5, 5.41) is 0. The fourth-order valence-corrected chi connectivity index (χ4v) is 2.06. The van der Waals surface area contributed by atoms with Crippen molar-refractivity contribution in [2.45, 2.75) is 66.2 Å². The summed E-state index contributed by atoms with van der Waals surface area (Å²) in [6, 6.07) is 0. The standard InChI is InChI=1S/2C9H13.2CH3.2ClH.H2Si.Zr/c2*1-3-8-5-6-9(4-2)7-8;;;;;;/h2*7H,3-5H2,1-2H3;2*1H3;2*1H;1H2;/q4*-1;;;;. The van der Waals surface area contributed by atoms with Gasteiger partial charge in [-0.25, -0.2) is 23.3 Å². The molecule has 2 rings (SSSR count). The first kappa shape index (κ1) is 35.7. The average Bonchev–Trinajstić information content (AvgIpc) is 3.18.